The maximum atomic E-state index is 12.0. The van der Waals surface area contributed by atoms with Crippen LogP contribution >= 0.6 is 0 Å². The summed E-state index contributed by atoms with van der Waals surface area (Å²) < 4.78 is 0. The first-order valence-electron chi connectivity index (χ1n) is 7.42. The van der Waals surface area contributed by atoms with Crippen LogP contribution in [0.2, 0.25) is 0 Å². The van der Waals surface area contributed by atoms with Gasteiger partial charge in [0.2, 0.25) is 0 Å². The van der Waals surface area contributed by atoms with Gasteiger partial charge in [-0.1, -0.05) is 35.9 Å². The average molecular weight is 280 g/mol. The fourth-order valence-electron chi connectivity index (χ4n) is 2.75. The molecule has 0 fully saturated rings. The molecule has 0 aliphatic carbocycles. The minimum absolute atomic E-state index is 0.00731. The van der Waals surface area contributed by atoms with E-state index in [1.807, 2.05) is 30.3 Å². The highest BCUT2D eigenvalue weighted by atomic mass is 16.1. The molecule has 0 radical (unpaired) electrons. The number of benzene rings is 2. The van der Waals surface area contributed by atoms with Crippen molar-refractivity contribution in [1.29, 1.82) is 0 Å². The lowest BCUT2D eigenvalue weighted by atomic mass is 9.96. The molecule has 21 heavy (non-hydrogen) atoms. The molecule has 3 rings (SSSR count). The van der Waals surface area contributed by atoms with Crippen molar-refractivity contribution in [2.24, 2.45) is 0 Å². The first-order valence-corrected chi connectivity index (χ1v) is 7.42. The topological polar surface area (TPSA) is 41.1 Å². The van der Waals surface area contributed by atoms with Gasteiger partial charge in [0.25, 0.3) is 5.91 Å². The summed E-state index contributed by atoms with van der Waals surface area (Å²) in [7, 11) is 0. The van der Waals surface area contributed by atoms with Gasteiger partial charge in [0.15, 0.2) is 0 Å². The summed E-state index contributed by atoms with van der Waals surface area (Å²) in [6.45, 7) is 2.77. The second-order valence-electron chi connectivity index (χ2n) is 5.62. The van der Waals surface area contributed by atoms with Crippen molar-refractivity contribution in [2.45, 2.75) is 25.8 Å². The lowest BCUT2D eigenvalue weighted by molar-refractivity contribution is 0.0951. The van der Waals surface area contributed by atoms with Gasteiger partial charge < -0.3 is 10.6 Å². The Morgan fingerprint density at radius 2 is 2.05 bits per heavy atom. The molecule has 0 spiro atoms. The Morgan fingerprint density at radius 3 is 2.86 bits per heavy atom. The van der Waals surface area contributed by atoms with E-state index in [9.17, 15) is 4.79 Å². The Labute approximate surface area is 125 Å². The van der Waals surface area contributed by atoms with Crippen molar-refractivity contribution < 1.29 is 4.79 Å². The van der Waals surface area contributed by atoms with Gasteiger partial charge in [-0.05, 0) is 43.5 Å². The van der Waals surface area contributed by atoms with E-state index >= 15 is 0 Å². The second kappa shape index (κ2) is 6.00. The number of amides is 1. The minimum Gasteiger partial charge on any atom is -0.380 e. The molecule has 1 aliphatic rings. The molecular formula is C18H20N2O. The van der Waals surface area contributed by atoms with Crippen molar-refractivity contribution in [3.63, 3.8) is 0 Å². The van der Waals surface area contributed by atoms with Gasteiger partial charge in [-0.2, -0.15) is 0 Å². The summed E-state index contributed by atoms with van der Waals surface area (Å²) in [4.78, 5) is 12.0. The molecule has 1 heterocycles. The molecule has 1 aliphatic heterocycles. The van der Waals surface area contributed by atoms with Crippen molar-refractivity contribution in [2.75, 3.05) is 11.9 Å². The van der Waals surface area contributed by atoms with Gasteiger partial charge in [-0.15, -0.1) is 0 Å². The molecule has 108 valence electrons. The zero-order valence-electron chi connectivity index (χ0n) is 12.2. The Hall–Kier alpha value is -2.29. The quantitative estimate of drug-likeness (QED) is 0.907. The standard InChI is InChI=1S/C18H20N2O/c1-13-7-10-17-15(11-13)8-9-16(20-17)12-19-18(21)14-5-3-2-4-6-14/h2-7,10-11,16,20H,8-9,12H2,1H3,(H,19,21)/t16-/m1/s1. The lowest BCUT2D eigenvalue weighted by Gasteiger charge is -2.27. The molecule has 0 aromatic heterocycles. The van der Waals surface area contributed by atoms with Crippen LogP contribution in [0.5, 0.6) is 0 Å². The number of carbonyl (C=O) groups excluding carboxylic acids is 1. The zero-order valence-corrected chi connectivity index (χ0v) is 12.2. The van der Waals surface area contributed by atoms with Crippen LogP contribution in [0.1, 0.15) is 27.9 Å². The molecule has 1 amide bonds. The molecule has 2 N–H and O–H groups in total. The summed E-state index contributed by atoms with van der Waals surface area (Å²) in [6.07, 6.45) is 2.11. The Balaban J connectivity index is 1.58. The Bertz CT molecular complexity index is 637. The highest BCUT2D eigenvalue weighted by Gasteiger charge is 2.18. The fourth-order valence-corrected chi connectivity index (χ4v) is 2.75. The summed E-state index contributed by atoms with van der Waals surface area (Å²) in [5.41, 5.74) is 4.59. The molecule has 2 aromatic rings. The van der Waals surface area contributed by atoms with Crippen LogP contribution in [-0.2, 0) is 6.42 Å². The van der Waals surface area contributed by atoms with E-state index in [0.29, 0.717) is 18.2 Å². The molecule has 0 saturated carbocycles. The van der Waals surface area contributed by atoms with E-state index in [1.165, 1.54) is 16.8 Å². The third kappa shape index (κ3) is 3.24. The smallest absolute Gasteiger partial charge is 0.251 e. The van der Waals surface area contributed by atoms with Gasteiger partial charge in [-0.3, -0.25) is 4.79 Å². The van der Waals surface area contributed by atoms with Crippen molar-refractivity contribution in [3.05, 3.63) is 65.2 Å². The van der Waals surface area contributed by atoms with Crippen molar-refractivity contribution >= 4 is 11.6 Å². The largest absolute Gasteiger partial charge is 0.380 e. The third-order valence-corrected chi connectivity index (χ3v) is 3.93. The Kier molecular flexibility index (Phi) is 3.91. The van der Waals surface area contributed by atoms with E-state index in [0.717, 1.165) is 12.8 Å². The molecule has 1 atom stereocenters. The number of anilines is 1. The van der Waals surface area contributed by atoms with Gasteiger partial charge >= 0.3 is 0 Å². The average Bonchev–Trinajstić information content (AvgIpc) is 2.53. The molecule has 3 heteroatoms. The molecule has 2 aromatic carbocycles. The van der Waals surface area contributed by atoms with E-state index in [4.69, 9.17) is 0 Å². The van der Waals surface area contributed by atoms with Gasteiger partial charge in [-0.25, -0.2) is 0 Å². The SMILES string of the molecule is Cc1ccc2c(c1)CC[C@H](CNC(=O)c1ccccc1)N2. The predicted molar refractivity (Wildman–Crippen MR) is 85.7 cm³/mol. The highest BCUT2D eigenvalue weighted by Crippen LogP contribution is 2.25. The zero-order chi connectivity index (χ0) is 14.7. The van der Waals surface area contributed by atoms with E-state index < -0.39 is 0 Å². The summed E-state index contributed by atoms with van der Waals surface area (Å²) in [5, 5.41) is 6.53. The summed E-state index contributed by atoms with van der Waals surface area (Å²) in [5.74, 6) is -0.00731. The maximum absolute atomic E-state index is 12.0. The van der Waals surface area contributed by atoms with Crippen LogP contribution in [0.15, 0.2) is 48.5 Å². The van der Waals surface area contributed by atoms with Crippen LogP contribution in [0.3, 0.4) is 0 Å². The van der Waals surface area contributed by atoms with Crippen LogP contribution in [0.25, 0.3) is 0 Å². The number of carbonyl (C=O) groups is 1. The van der Waals surface area contributed by atoms with Gasteiger partial charge in [0, 0.05) is 23.8 Å². The van der Waals surface area contributed by atoms with Crippen molar-refractivity contribution in [3.8, 4) is 0 Å². The number of fused-ring (bicyclic) bond motifs is 1. The van der Waals surface area contributed by atoms with Crippen LogP contribution < -0.4 is 10.6 Å². The van der Waals surface area contributed by atoms with Crippen molar-refractivity contribution in [1.82, 2.24) is 5.32 Å². The van der Waals surface area contributed by atoms with E-state index in [-0.39, 0.29) is 5.91 Å². The van der Waals surface area contributed by atoms with Gasteiger partial charge in [0.05, 0.1) is 0 Å². The fraction of sp³-hybridized carbons (Fsp3) is 0.278. The molecule has 0 unspecified atom stereocenters. The maximum Gasteiger partial charge on any atom is 0.251 e. The van der Waals surface area contributed by atoms with E-state index in [2.05, 4.69) is 35.8 Å². The third-order valence-electron chi connectivity index (χ3n) is 3.93. The molecule has 0 saturated heterocycles. The number of rotatable bonds is 3. The molecular weight excluding hydrogens is 260 g/mol. The van der Waals surface area contributed by atoms with Gasteiger partial charge in [0.1, 0.15) is 0 Å². The highest BCUT2D eigenvalue weighted by molar-refractivity contribution is 5.94. The monoisotopic (exact) mass is 280 g/mol. The van der Waals surface area contributed by atoms with Crippen LogP contribution in [-0.4, -0.2) is 18.5 Å². The first-order chi connectivity index (χ1) is 10.2. The predicted octanol–water partition coefficient (Wildman–Crippen LogP) is 3.15. The first kappa shape index (κ1) is 13.7. The minimum atomic E-state index is -0.00731. The number of aryl methyl sites for hydroxylation is 2. The van der Waals surface area contributed by atoms with Crippen LogP contribution in [0.4, 0.5) is 5.69 Å². The van der Waals surface area contributed by atoms with Crippen LogP contribution in [0, 0.1) is 6.92 Å². The lowest BCUT2D eigenvalue weighted by Crippen LogP contribution is -2.38. The summed E-state index contributed by atoms with van der Waals surface area (Å²) >= 11 is 0. The molecule has 3 nitrogen and oxygen atoms in total. The number of hydrogen-bond acceptors (Lipinski definition) is 2. The normalized spacial score (nSPS) is 16.7. The number of hydrogen-bond donors (Lipinski definition) is 2. The Morgan fingerprint density at radius 1 is 1.24 bits per heavy atom. The molecule has 0 bridgehead atoms. The summed E-state index contributed by atoms with van der Waals surface area (Å²) in [6, 6.07) is 16.1. The van der Waals surface area contributed by atoms with E-state index in [1.54, 1.807) is 0 Å². The number of nitrogens with one attached hydrogen (secondary N) is 2. The second-order valence-corrected chi connectivity index (χ2v) is 5.62.